The number of benzene rings is 1. The maximum atomic E-state index is 15.7. The van der Waals surface area contributed by atoms with Gasteiger partial charge < -0.3 is 4.90 Å². The van der Waals surface area contributed by atoms with Crippen molar-refractivity contribution in [1.29, 1.82) is 0 Å². The lowest BCUT2D eigenvalue weighted by atomic mass is 9.86. The molecule has 0 saturated carbocycles. The Hall–Kier alpha value is -0.660. The molecule has 146 valence electrons. The van der Waals surface area contributed by atoms with E-state index in [2.05, 4.69) is 16.2 Å². The molecule has 1 N–H and O–H groups in total. The molecule has 1 unspecified atom stereocenters. The smallest absolute Gasteiger partial charge is 0.208 e. The fourth-order valence-electron chi connectivity index (χ4n) is 3.24. The van der Waals surface area contributed by atoms with Gasteiger partial charge in [0.15, 0.2) is 5.67 Å². The van der Waals surface area contributed by atoms with Crippen LogP contribution in [0.3, 0.4) is 0 Å². The summed E-state index contributed by atoms with van der Waals surface area (Å²) in [5.41, 5.74) is -0.812. The van der Waals surface area contributed by atoms with Gasteiger partial charge in [-0.05, 0) is 56.1 Å². The van der Waals surface area contributed by atoms with E-state index in [9.17, 15) is 8.42 Å². The van der Waals surface area contributed by atoms with E-state index < -0.39 is 15.7 Å². The summed E-state index contributed by atoms with van der Waals surface area (Å²) < 4.78 is 41.0. The molecule has 0 amide bonds. The lowest BCUT2D eigenvalue weighted by Gasteiger charge is -2.34. The van der Waals surface area contributed by atoms with E-state index >= 15 is 4.39 Å². The predicted molar refractivity (Wildman–Crippen MR) is 106 cm³/mol. The van der Waals surface area contributed by atoms with Crippen LogP contribution in [0.2, 0.25) is 10.0 Å². The number of nitrogens with zero attached hydrogens (tertiary/aromatic N) is 1. The van der Waals surface area contributed by atoms with Crippen molar-refractivity contribution >= 4 is 33.2 Å². The first-order valence-electron chi connectivity index (χ1n) is 8.51. The number of allylic oxidation sites excluding steroid dienone is 1. The fourth-order valence-corrected chi connectivity index (χ4v) is 4.38. The molecule has 1 atom stereocenters. The lowest BCUT2D eigenvalue weighted by molar-refractivity contribution is 0.141. The Labute approximate surface area is 165 Å². The van der Waals surface area contributed by atoms with E-state index in [1.54, 1.807) is 25.1 Å². The Bertz CT molecular complexity index is 764. The number of halogens is 3. The van der Waals surface area contributed by atoms with E-state index in [4.69, 9.17) is 23.2 Å². The zero-order valence-corrected chi connectivity index (χ0v) is 17.4. The number of hydrogen-bond acceptors (Lipinski definition) is 3. The average Bonchev–Trinajstić information content (AvgIpc) is 2.55. The van der Waals surface area contributed by atoms with E-state index in [0.717, 1.165) is 13.1 Å². The molecule has 1 heterocycles. The molecule has 26 heavy (non-hydrogen) atoms. The van der Waals surface area contributed by atoms with Gasteiger partial charge in [0.25, 0.3) is 0 Å². The number of hydrogen-bond donors (Lipinski definition) is 1. The molecule has 1 aromatic carbocycles. The van der Waals surface area contributed by atoms with Crippen LogP contribution in [0, 0.1) is 0 Å². The average molecular weight is 423 g/mol. The van der Waals surface area contributed by atoms with Gasteiger partial charge in [0.2, 0.25) is 10.0 Å². The van der Waals surface area contributed by atoms with Crippen LogP contribution in [0.25, 0.3) is 0 Å². The summed E-state index contributed by atoms with van der Waals surface area (Å²) >= 11 is 12.0. The first-order chi connectivity index (χ1) is 12.0. The maximum Gasteiger partial charge on any atom is 0.208 e. The van der Waals surface area contributed by atoms with Gasteiger partial charge >= 0.3 is 0 Å². The highest BCUT2D eigenvalue weighted by atomic mass is 35.5. The van der Waals surface area contributed by atoms with Crippen molar-refractivity contribution in [3.8, 4) is 0 Å². The minimum Gasteiger partial charge on any atom is -0.303 e. The van der Waals surface area contributed by atoms with E-state index in [0.29, 0.717) is 40.6 Å². The summed E-state index contributed by atoms with van der Waals surface area (Å²) in [6.07, 6.45) is 2.85. The minimum atomic E-state index is -3.20. The van der Waals surface area contributed by atoms with E-state index in [-0.39, 0.29) is 12.5 Å². The lowest BCUT2D eigenvalue weighted by Crippen LogP contribution is -2.45. The second-order valence-corrected chi connectivity index (χ2v) is 9.56. The van der Waals surface area contributed by atoms with Crippen LogP contribution in [0.5, 0.6) is 0 Å². The zero-order chi connectivity index (χ0) is 19.5. The number of piperidine rings is 1. The molecule has 1 aliphatic rings. The van der Waals surface area contributed by atoms with E-state index in [1.165, 1.54) is 6.26 Å². The molecule has 0 spiro atoms. The molecule has 0 radical (unpaired) electrons. The number of rotatable bonds is 7. The van der Waals surface area contributed by atoms with Crippen molar-refractivity contribution in [1.82, 2.24) is 9.62 Å². The van der Waals surface area contributed by atoms with Gasteiger partial charge in [-0.1, -0.05) is 35.8 Å². The Kier molecular flexibility index (Phi) is 7.13. The van der Waals surface area contributed by atoms with Gasteiger partial charge in [-0.25, -0.2) is 17.5 Å². The number of alkyl halides is 1. The molecular weight excluding hydrogens is 398 g/mol. The molecule has 0 bridgehead atoms. The van der Waals surface area contributed by atoms with Gasteiger partial charge in [-0.3, -0.25) is 0 Å². The third-order valence-corrected chi connectivity index (χ3v) is 6.30. The normalized spacial score (nSPS) is 19.3. The molecule has 8 heteroatoms. The van der Waals surface area contributed by atoms with Crippen LogP contribution in [0.4, 0.5) is 4.39 Å². The molecule has 1 aliphatic heterocycles. The quantitative estimate of drug-likeness (QED) is 0.671. The third kappa shape index (κ3) is 5.67. The Morgan fingerprint density at radius 2 is 1.96 bits per heavy atom. The van der Waals surface area contributed by atoms with Crippen molar-refractivity contribution < 1.29 is 12.8 Å². The highest BCUT2D eigenvalue weighted by Crippen LogP contribution is 2.39. The predicted octanol–water partition coefficient (Wildman–Crippen LogP) is 4.14. The van der Waals surface area contributed by atoms with Crippen molar-refractivity contribution in [2.75, 3.05) is 25.9 Å². The van der Waals surface area contributed by atoms with Gasteiger partial charge in [-0.2, -0.15) is 0 Å². The van der Waals surface area contributed by atoms with Crippen molar-refractivity contribution in [2.24, 2.45) is 0 Å². The maximum absolute atomic E-state index is 15.7. The standard InChI is InChI=1S/C18H25Cl2FN2O2S/c1-13(2)18(21,14-4-5-16(19)17(20)12-14)8-11-23-9-6-15(7-10-23)22-26(3,24)25/h4-5,12,15,22H,1,6-11H2,2-3H3. The minimum absolute atomic E-state index is 0.0485. The van der Waals surface area contributed by atoms with Gasteiger partial charge in [0, 0.05) is 19.0 Å². The second kappa shape index (κ2) is 8.57. The van der Waals surface area contributed by atoms with Crippen LogP contribution in [0.1, 0.15) is 31.7 Å². The molecule has 0 aliphatic carbocycles. The molecule has 1 fully saturated rings. The highest BCUT2D eigenvalue weighted by Gasteiger charge is 2.34. The largest absolute Gasteiger partial charge is 0.303 e. The number of sulfonamides is 1. The summed E-state index contributed by atoms with van der Waals surface area (Å²) in [7, 11) is -3.20. The number of likely N-dealkylation sites (tertiary alicyclic amines) is 1. The second-order valence-electron chi connectivity index (χ2n) is 6.97. The Balaban J connectivity index is 1.99. The topological polar surface area (TPSA) is 49.4 Å². The number of nitrogens with one attached hydrogen (secondary N) is 1. The molecular formula is C18H25Cl2FN2O2S. The SMILES string of the molecule is C=C(C)C(F)(CCN1CCC(NS(C)(=O)=O)CC1)c1ccc(Cl)c(Cl)c1. The summed E-state index contributed by atoms with van der Waals surface area (Å²) in [5.74, 6) is 0. The fraction of sp³-hybridized carbons (Fsp3) is 0.556. The zero-order valence-electron chi connectivity index (χ0n) is 15.1. The molecule has 4 nitrogen and oxygen atoms in total. The van der Waals surface area contributed by atoms with Crippen LogP contribution in [0.15, 0.2) is 30.4 Å². The summed E-state index contributed by atoms with van der Waals surface area (Å²) in [6.45, 7) is 7.49. The Morgan fingerprint density at radius 1 is 1.35 bits per heavy atom. The summed E-state index contributed by atoms with van der Waals surface area (Å²) in [6, 6.07) is 4.75. The van der Waals surface area contributed by atoms with Crippen LogP contribution >= 0.6 is 23.2 Å². The molecule has 1 saturated heterocycles. The highest BCUT2D eigenvalue weighted by molar-refractivity contribution is 7.88. The molecule has 1 aromatic rings. The first kappa shape index (κ1) is 21.6. The van der Waals surface area contributed by atoms with Gasteiger partial charge in [0.05, 0.1) is 16.3 Å². The summed E-state index contributed by atoms with van der Waals surface area (Å²) in [4.78, 5) is 2.15. The van der Waals surface area contributed by atoms with Crippen molar-refractivity contribution in [3.05, 3.63) is 46.0 Å². The summed E-state index contributed by atoms with van der Waals surface area (Å²) in [5, 5.41) is 0.708. The molecule has 2 rings (SSSR count). The van der Waals surface area contributed by atoms with Crippen LogP contribution < -0.4 is 4.72 Å². The van der Waals surface area contributed by atoms with E-state index in [1.807, 2.05) is 0 Å². The Morgan fingerprint density at radius 3 is 2.46 bits per heavy atom. The monoisotopic (exact) mass is 422 g/mol. The van der Waals surface area contributed by atoms with Crippen molar-refractivity contribution in [2.45, 2.75) is 37.9 Å². The third-order valence-electron chi connectivity index (χ3n) is 4.79. The first-order valence-corrected chi connectivity index (χ1v) is 11.2. The van der Waals surface area contributed by atoms with Gasteiger partial charge in [-0.15, -0.1) is 0 Å². The van der Waals surface area contributed by atoms with Crippen molar-refractivity contribution in [3.63, 3.8) is 0 Å². The molecule has 0 aromatic heterocycles. The van der Waals surface area contributed by atoms with Crippen LogP contribution in [-0.2, 0) is 15.7 Å². The van der Waals surface area contributed by atoms with Gasteiger partial charge in [0.1, 0.15) is 0 Å². The van der Waals surface area contributed by atoms with Crippen LogP contribution in [-0.4, -0.2) is 45.2 Å².